The van der Waals surface area contributed by atoms with Crippen LogP contribution < -0.4 is 4.90 Å². The molecule has 0 amide bonds. The molecule has 0 spiro atoms. The number of rotatable bonds is 6. The lowest BCUT2D eigenvalue weighted by Gasteiger charge is -2.26. The van der Waals surface area contributed by atoms with Crippen LogP contribution in [0.3, 0.4) is 0 Å². The van der Waals surface area contributed by atoms with Crippen LogP contribution in [0.5, 0.6) is 0 Å². The Morgan fingerprint density at radius 3 is 1.18 bits per heavy atom. The van der Waals surface area contributed by atoms with Gasteiger partial charge in [-0.25, -0.2) is 0 Å². The zero-order valence-corrected chi connectivity index (χ0v) is 34.8. The summed E-state index contributed by atoms with van der Waals surface area (Å²) in [4.78, 5) is 2.39. The van der Waals surface area contributed by atoms with E-state index in [2.05, 4.69) is 243 Å². The summed E-state index contributed by atoms with van der Waals surface area (Å²) >= 11 is 0. The molecule has 62 heavy (non-hydrogen) atoms. The molecule has 11 aromatic carbocycles. The summed E-state index contributed by atoms with van der Waals surface area (Å²) in [7, 11) is 0. The maximum atomic E-state index is 2.41. The summed E-state index contributed by atoms with van der Waals surface area (Å²) in [5, 5.41) is 10.2. The predicted molar refractivity (Wildman–Crippen MR) is 265 cm³/mol. The van der Waals surface area contributed by atoms with E-state index in [0.29, 0.717) is 0 Å². The molecular formula is C61H43N. The van der Waals surface area contributed by atoms with E-state index in [1.165, 1.54) is 98.7 Å². The Labute approximate surface area is 362 Å². The van der Waals surface area contributed by atoms with E-state index in [4.69, 9.17) is 0 Å². The van der Waals surface area contributed by atoms with Gasteiger partial charge in [0.25, 0.3) is 0 Å². The lowest BCUT2D eigenvalue weighted by Crippen LogP contribution is -2.14. The van der Waals surface area contributed by atoms with E-state index in [0.717, 1.165) is 17.1 Å². The van der Waals surface area contributed by atoms with Crippen molar-refractivity contribution >= 4 is 60.2 Å². The second-order valence-corrected chi connectivity index (χ2v) is 17.3. The largest absolute Gasteiger partial charge is 0.311 e. The highest BCUT2D eigenvalue weighted by atomic mass is 15.1. The van der Waals surface area contributed by atoms with Crippen LogP contribution in [0, 0.1) is 0 Å². The van der Waals surface area contributed by atoms with E-state index >= 15 is 0 Å². The molecule has 1 aliphatic carbocycles. The molecule has 11 aromatic rings. The lowest BCUT2D eigenvalue weighted by molar-refractivity contribution is 0.660. The van der Waals surface area contributed by atoms with Gasteiger partial charge in [-0.15, -0.1) is 0 Å². The second kappa shape index (κ2) is 14.2. The van der Waals surface area contributed by atoms with Gasteiger partial charge in [0, 0.05) is 22.5 Å². The minimum absolute atomic E-state index is 0.0464. The fourth-order valence-corrected chi connectivity index (χ4v) is 10.3. The van der Waals surface area contributed by atoms with Gasteiger partial charge in [0.15, 0.2) is 0 Å². The smallest absolute Gasteiger partial charge is 0.0462 e. The Hall–Kier alpha value is -7.74. The summed E-state index contributed by atoms with van der Waals surface area (Å²) in [5.74, 6) is 0. The van der Waals surface area contributed by atoms with Gasteiger partial charge in [0.05, 0.1) is 0 Å². The van der Waals surface area contributed by atoms with Gasteiger partial charge < -0.3 is 4.90 Å². The summed E-state index contributed by atoms with van der Waals surface area (Å²) in [6, 6.07) is 82.9. The highest BCUT2D eigenvalue weighted by Gasteiger charge is 2.35. The van der Waals surface area contributed by atoms with Crippen LogP contribution in [-0.4, -0.2) is 0 Å². The van der Waals surface area contributed by atoms with E-state index in [9.17, 15) is 0 Å². The predicted octanol–water partition coefficient (Wildman–Crippen LogP) is 17.1. The Morgan fingerprint density at radius 2 is 0.661 bits per heavy atom. The van der Waals surface area contributed by atoms with Gasteiger partial charge in [0.2, 0.25) is 0 Å². The number of benzene rings is 11. The maximum absolute atomic E-state index is 2.41. The molecule has 0 heterocycles. The first-order chi connectivity index (χ1) is 30.5. The lowest BCUT2D eigenvalue weighted by atomic mass is 9.81. The van der Waals surface area contributed by atoms with E-state index < -0.39 is 0 Å². The van der Waals surface area contributed by atoms with E-state index in [1.54, 1.807) is 0 Å². The monoisotopic (exact) mass is 789 g/mol. The van der Waals surface area contributed by atoms with Crippen molar-refractivity contribution in [2.45, 2.75) is 19.3 Å². The van der Waals surface area contributed by atoms with Crippen molar-refractivity contribution < 1.29 is 0 Å². The van der Waals surface area contributed by atoms with Crippen molar-refractivity contribution in [3.05, 3.63) is 236 Å². The number of nitrogens with zero attached hydrogens (tertiary/aromatic N) is 1. The standard InChI is InChI=1S/C61H43N/c1-61(2)59-22-12-11-21-55(59)56-36-29-43(39-60(56)61)40-23-30-46(31-24-40)62(47-32-25-41(26-33-47)57-37-44-13-3-5-15-49(44)51-17-7-9-19-53(51)57)48-34-27-42(28-35-48)58-38-45-14-4-6-16-50(45)52-18-8-10-20-54(52)58/h3-39H,1-2H3. The molecule has 0 atom stereocenters. The third kappa shape index (κ3) is 5.77. The molecule has 12 rings (SSSR count). The fraction of sp³-hybridized carbons (Fsp3) is 0.0492. The molecule has 0 bridgehead atoms. The summed E-state index contributed by atoms with van der Waals surface area (Å²) in [6.07, 6.45) is 0. The third-order valence-electron chi connectivity index (χ3n) is 13.5. The number of hydrogen-bond donors (Lipinski definition) is 0. The van der Waals surface area contributed by atoms with Crippen LogP contribution in [0.4, 0.5) is 17.1 Å². The van der Waals surface area contributed by atoms with Crippen molar-refractivity contribution in [2.75, 3.05) is 4.90 Å². The van der Waals surface area contributed by atoms with Crippen LogP contribution in [0.1, 0.15) is 25.0 Å². The zero-order chi connectivity index (χ0) is 41.4. The average molecular weight is 790 g/mol. The molecule has 292 valence electrons. The van der Waals surface area contributed by atoms with Gasteiger partial charge in [0.1, 0.15) is 0 Å². The van der Waals surface area contributed by atoms with Crippen LogP contribution >= 0.6 is 0 Å². The number of hydrogen-bond acceptors (Lipinski definition) is 1. The van der Waals surface area contributed by atoms with Gasteiger partial charge in [-0.2, -0.15) is 0 Å². The molecule has 0 radical (unpaired) electrons. The SMILES string of the molecule is CC1(C)c2ccccc2-c2ccc(-c3ccc(N(c4ccc(-c5cc6ccccc6c6ccccc56)cc4)c4ccc(-c5cc6ccccc6c6ccccc56)cc4)cc3)cc21. The maximum Gasteiger partial charge on any atom is 0.0462 e. The van der Waals surface area contributed by atoms with Crippen LogP contribution in [0.25, 0.3) is 87.6 Å². The topological polar surface area (TPSA) is 3.24 Å². The normalized spacial score (nSPS) is 12.8. The van der Waals surface area contributed by atoms with Gasteiger partial charge in [-0.05, 0) is 153 Å². The zero-order valence-electron chi connectivity index (χ0n) is 34.8. The molecule has 0 saturated heterocycles. The number of fused-ring (bicyclic) bond motifs is 9. The first-order valence-corrected chi connectivity index (χ1v) is 21.7. The molecule has 1 aliphatic rings. The Bertz CT molecular complexity index is 3360. The van der Waals surface area contributed by atoms with Gasteiger partial charge >= 0.3 is 0 Å². The van der Waals surface area contributed by atoms with Crippen molar-refractivity contribution in [1.82, 2.24) is 0 Å². The first-order valence-electron chi connectivity index (χ1n) is 21.7. The van der Waals surface area contributed by atoms with Crippen molar-refractivity contribution in [1.29, 1.82) is 0 Å². The first kappa shape index (κ1) is 36.1. The molecule has 0 saturated carbocycles. The molecule has 0 fully saturated rings. The van der Waals surface area contributed by atoms with Gasteiger partial charge in [-0.1, -0.05) is 184 Å². The Kier molecular flexibility index (Phi) is 8.27. The highest BCUT2D eigenvalue weighted by Crippen LogP contribution is 2.50. The van der Waals surface area contributed by atoms with Crippen LogP contribution in [0.2, 0.25) is 0 Å². The Morgan fingerprint density at radius 1 is 0.274 bits per heavy atom. The minimum atomic E-state index is -0.0464. The Balaban J connectivity index is 0.954. The molecule has 0 unspecified atom stereocenters. The average Bonchev–Trinajstić information content (AvgIpc) is 3.57. The quantitative estimate of drug-likeness (QED) is 0.152. The molecule has 1 heteroatoms. The summed E-state index contributed by atoms with van der Waals surface area (Å²) in [6.45, 7) is 4.70. The van der Waals surface area contributed by atoms with Gasteiger partial charge in [-0.3, -0.25) is 0 Å². The molecular weight excluding hydrogens is 747 g/mol. The third-order valence-corrected chi connectivity index (χ3v) is 13.5. The van der Waals surface area contributed by atoms with E-state index in [1.807, 2.05) is 0 Å². The number of anilines is 3. The van der Waals surface area contributed by atoms with Crippen molar-refractivity contribution in [3.8, 4) is 44.5 Å². The molecule has 0 N–H and O–H groups in total. The highest BCUT2D eigenvalue weighted by molar-refractivity contribution is 6.15. The molecule has 1 nitrogen and oxygen atoms in total. The second-order valence-electron chi connectivity index (χ2n) is 17.3. The minimum Gasteiger partial charge on any atom is -0.311 e. The fourth-order valence-electron chi connectivity index (χ4n) is 10.3. The molecule has 0 aliphatic heterocycles. The van der Waals surface area contributed by atoms with Crippen LogP contribution in [0.15, 0.2) is 224 Å². The van der Waals surface area contributed by atoms with Crippen molar-refractivity contribution in [3.63, 3.8) is 0 Å². The van der Waals surface area contributed by atoms with Crippen LogP contribution in [-0.2, 0) is 5.41 Å². The van der Waals surface area contributed by atoms with Crippen molar-refractivity contribution in [2.24, 2.45) is 0 Å². The summed E-state index contributed by atoms with van der Waals surface area (Å²) in [5.41, 5.74) is 16.1. The molecule has 0 aromatic heterocycles. The summed E-state index contributed by atoms with van der Waals surface area (Å²) < 4.78 is 0. The van der Waals surface area contributed by atoms with E-state index in [-0.39, 0.29) is 5.41 Å².